The molecule has 1 atom stereocenters. The molecule has 2 rings (SSSR count). The molecule has 1 fully saturated rings. The highest BCUT2D eigenvalue weighted by atomic mass is 16.6. The van der Waals surface area contributed by atoms with Crippen molar-refractivity contribution in [2.75, 3.05) is 11.9 Å². The molecule has 20 heavy (non-hydrogen) atoms. The van der Waals surface area contributed by atoms with Gasteiger partial charge < -0.3 is 20.7 Å². The fourth-order valence-electron chi connectivity index (χ4n) is 1.86. The predicted molar refractivity (Wildman–Crippen MR) is 75.6 cm³/mol. The lowest BCUT2D eigenvalue weighted by Gasteiger charge is -2.20. The Morgan fingerprint density at radius 3 is 2.45 bits per heavy atom. The van der Waals surface area contributed by atoms with Gasteiger partial charge in [0.25, 0.3) is 0 Å². The van der Waals surface area contributed by atoms with Crippen molar-refractivity contribution in [1.82, 2.24) is 10.6 Å². The van der Waals surface area contributed by atoms with Crippen LogP contribution in [-0.4, -0.2) is 24.2 Å². The average molecular weight is 277 g/mol. The van der Waals surface area contributed by atoms with Crippen LogP contribution in [0, 0.1) is 0 Å². The first-order valence-electron chi connectivity index (χ1n) is 6.47. The first-order valence-corrected chi connectivity index (χ1v) is 6.47. The summed E-state index contributed by atoms with van der Waals surface area (Å²) in [6, 6.07) is 6.97. The number of urea groups is 1. The number of ether oxygens (including phenoxy) is 1. The third-order valence-corrected chi connectivity index (χ3v) is 2.71. The Bertz CT molecular complexity index is 505. The molecule has 6 heteroatoms. The number of hydrogen-bond acceptors (Lipinski definition) is 3. The number of benzene rings is 1. The Morgan fingerprint density at radius 1 is 1.30 bits per heavy atom. The molecule has 3 amide bonds. The van der Waals surface area contributed by atoms with Crippen LogP contribution in [0.1, 0.15) is 32.4 Å². The molecule has 0 radical (unpaired) electrons. The van der Waals surface area contributed by atoms with Gasteiger partial charge in [0.05, 0.1) is 6.54 Å². The number of rotatable bonds is 2. The monoisotopic (exact) mass is 277 g/mol. The van der Waals surface area contributed by atoms with Crippen LogP contribution < -0.4 is 16.0 Å². The molecule has 1 aliphatic heterocycles. The molecule has 1 unspecified atom stereocenters. The van der Waals surface area contributed by atoms with Crippen molar-refractivity contribution in [2.45, 2.75) is 32.4 Å². The van der Waals surface area contributed by atoms with Crippen LogP contribution in [0.2, 0.25) is 0 Å². The van der Waals surface area contributed by atoms with Gasteiger partial charge in [-0.1, -0.05) is 12.1 Å². The fraction of sp³-hybridized carbons (Fsp3) is 0.429. The third-order valence-electron chi connectivity index (χ3n) is 2.71. The van der Waals surface area contributed by atoms with Gasteiger partial charge in [-0.3, -0.25) is 0 Å². The fourth-order valence-corrected chi connectivity index (χ4v) is 1.86. The number of alkyl carbamates (subject to hydrolysis) is 1. The summed E-state index contributed by atoms with van der Waals surface area (Å²) in [6.45, 7) is 6.21. The molecule has 0 spiro atoms. The number of carbonyl (C=O) groups is 2. The van der Waals surface area contributed by atoms with Crippen LogP contribution in [0.25, 0.3) is 0 Å². The molecule has 1 aromatic rings. The van der Waals surface area contributed by atoms with Crippen LogP contribution in [-0.2, 0) is 4.74 Å². The number of cyclic esters (lactones) is 1. The maximum Gasteiger partial charge on any atom is 0.407 e. The Morgan fingerprint density at radius 2 is 1.95 bits per heavy atom. The van der Waals surface area contributed by atoms with Crippen LogP contribution in [0.3, 0.4) is 0 Å². The number of hydrogen-bond donors (Lipinski definition) is 3. The zero-order valence-corrected chi connectivity index (χ0v) is 11.8. The third kappa shape index (κ3) is 3.88. The summed E-state index contributed by atoms with van der Waals surface area (Å²) >= 11 is 0. The minimum absolute atomic E-state index is 0.251. The van der Waals surface area contributed by atoms with E-state index in [1.165, 1.54) is 0 Å². The standard InChI is InChI=1S/C14H19N3O3/c1-14(2,3)17-12(18)16-10-6-4-9(5-7-10)11-8-15-13(19)20-11/h4-7,11H,8H2,1-3H3,(H,15,19)(H2,16,17,18). The zero-order valence-electron chi connectivity index (χ0n) is 11.8. The summed E-state index contributed by atoms with van der Waals surface area (Å²) in [4.78, 5) is 22.7. The Labute approximate surface area is 117 Å². The molecule has 1 saturated heterocycles. The SMILES string of the molecule is CC(C)(C)NC(=O)Nc1ccc(C2CNC(=O)O2)cc1. The van der Waals surface area contributed by atoms with Crippen molar-refractivity contribution in [2.24, 2.45) is 0 Å². The van der Waals surface area contributed by atoms with E-state index in [2.05, 4.69) is 16.0 Å². The zero-order chi connectivity index (χ0) is 14.8. The molecule has 1 heterocycles. The van der Waals surface area contributed by atoms with Crippen LogP contribution in [0.5, 0.6) is 0 Å². The van der Waals surface area contributed by atoms with E-state index in [0.717, 1.165) is 5.56 Å². The second-order valence-corrected chi connectivity index (χ2v) is 5.73. The molecule has 1 aliphatic rings. The smallest absolute Gasteiger partial charge is 0.407 e. The molecular formula is C14H19N3O3. The van der Waals surface area contributed by atoms with Crippen molar-refractivity contribution in [3.05, 3.63) is 29.8 Å². The van der Waals surface area contributed by atoms with Crippen molar-refractivity contribution in [3.63, 3.8) is 0 Å². The molecule has 1 aromatic carbocycles. The largest absolute Gasteiger partial charge is 0.439 e. The molecule has 0 saturated carbocycles. The van der Waals surface area contributed by atoms with Gasteiger partial charge >= 0.3 is 12.1 Å². The number of nitrogens with one attached hydrogen (secondary N) is 3. The van der Waals surface area contributed by atoms with Gasteiger partial charge in [0.2, 0.25) is 0 Å². The van der Waals surface area contributed by atoms with Gasteiger partial charge in [0, 0.05) is 11.2 Å². The van der Waals surface area contributed by atoms with Gasteiger partial charge in [-0.25, -0.2) is 9.59 Å². The van der Waals surface area contributed by atoms with E-state index in [1.54, 1.807) is 12.1 Å². The number of amides is 3. The predicted octanol–water partition coefficient (Wildman–Crippen LogP) is 2.39. The van der Waals surface area contributed by atoms with E-state index in [1.807, 2.05) is 32.9 Å². The van der Waals surface area contributed by atoms with Gasteiger partial charge in [-0.05, 0) is 38.5 Å². The second kappa shape index (κ2) is 5.40. The highest BCUT2D eigenvalue weighted by Crippen LogP contribution is 2.22. The van der Waals surface area contributed by atoms with Gasteiger partial charge in [-0.2, -0.15) is 0 Å². The maximum atomic E-state index is 11.7. The summed E-state index contributed by atoms with van der Waals surface area (Å²) in [6.07, 6.45) is -0.665. The van der Waals surface area contributed by atoms with E-state index in [0.29, 0.717) is 12.2 Å². The lowest BCUT2D eigenvalue weighted by atomic mass is 10.1. The molecule has 108 valence electrons. The molecule has 3 N–H and O–H groups in total. The highest BCUT2D eigenvalue weighted by Gasteiger charge is 2.23. The quantitative estimate of drug-likeness (QED) is 0.776. The summed E-state index contributed by atoms with van der Waals surface area (Å²) in [7, 11) is 0. The first kappa shape index (κ1) is 14.2. The molecule has 6 nitrogen and oxygen atoms in total. The molecule has 0 bridgehead atoms. The summed E-state index contributed by atoms with van der Waals surface area (Å²) < 4.78 is 5.08. The van der Waals surface area contributed by atoms with Gasteiger partial charge in [0.1, 0.15) is 6.10 Å². The van der Waals surface area contributed by atoms with E-state index in [-0.39, 0.29) is 17.7 Å². The van der Waals surface area contributed by atoms with Crippen molar-refractivity contribution >= 4 is 17.8 Å². The normalized spacial score (nSPS) is 18.1. The van der Waals surface area contributed by atoms with Crippen molar-refractivity contribution < 1.29 is 14.3 Å². The van der Waals surface area contributed by atoms with Gasteiger partial charge in [-0.15, -0.1) is 0 Å². The van der Waals surface area contributed by atoms with Gasteiger partial charge in [0.15, 0.2) is 0 Å². The first-order chi connectivity index (χ1) is 9.33. The van der Waals surface area contributed by atoms with Crippen LogP contribution in [0.15, 0.2) is 24.3 Å². The van der Waals surface area contributed by atoms with Crippen molar-refractivity contribution in [1.29, 1.82) is 0 Å². The summed E-state index contributed by atoms with van der Waals surface area (Å²) in [5.74, 6) is 0. The van der Waals surface area contributed by atoms with Crippen LogP contribution >= 0.6 is 0 Å². The highest BCUT2D eigenvalue weighted by molar-refractivity contribution is 5.89. The lowest BCUT2D eigenvalue weighted by Crippen LogP contribution is -2.43. The van der Waals surface area contributed by atoms with Crippen molar-refractivity contribution in [3.8, 4) is 0 Å². The Hall–Kier alpha value is -2.24. The van der Waals surface area contributed by atoms with E-state index in [9.17, 15) is 9.59 Å². The van der Waals surface area contributed by atoms with E-state index < -0.39 is 6.09 Å². The Balaban J connectivity index is 1.95. The topological polar surface area (TPSA) is 79.5 Å². The summed E-state index contributed by atoms with van der Waals surface area (Å²) in [5.41, 5.74) is 1.30. The number of carbonyl (C=O) groups excluding carboxylic acids is 2. The minimum Gasteiger partial charge on any atom is -0.439 e. The minimum atomic E-state index is -0.401. The Kier molecular flexibility index (Phi) is 3.83. The van der Waals surface area contributed by atoms with E-state index >= 15 is 0 Å². The molecule has 0 aliphatic carbocycles. The second-order valence-electron chi connectivity index (χ2n) is 5.73. The molecule has 0 aromatic heterocycles. The summed E-state index contributed by atoms with van der Waals surface area (Å²) in [5, 5.41) is 8.17. The number of anilines is 1. The van der Waals surface area contributed by atoms with Crippen LogP contribution in [0.4, 0.5) is 15.3 Å². The lowest BCUT2D eigenvalue weighted by molar-refractivity contribution is 0.141. The molecular weight excluding hydrogens is 258 g/mol. The maximum absolute atomic E-state index is 11.7. The van der Waals surface area contributed by atoms with E-state index in [4.69, 9.17) is 4.74 Å². The average Bonchev–Trinajstić information content (AvgIpc) is 2.74.